The van der Waals surface area contributed by atoms with E-state index in [-0.39, 0.29) is 60.6 Å². The summed E-state index contributed by atoms with van der Waals surface area (Å²) in [6.45, 7) is 7.83. The van der Waals surface area contributed by atoms with Gasteiger partial charge in [-0.05, 0) is 313 Å². The number of esters is 5. The van der Waals surface area contributed by atoms with Crippen LogP contribution in [0.15, 0.2) is 0 Å². The summed E-state index contributed by atoms with van der Waals surface area (Å²) in [5.41, 5.74) is -3.13. The van der Waals surface area contributed by atoms with Gasteiger partial charge in [-0.25, -0.2) is 24.0 Å². The molecule has 87 heavy (non-hydrogen) atoms. The van der Waals surface area contributed by atoms with Crippen LogP contribution in [-0.4, -0.2) is 128 Å². The first-order valence-electron chi connectivity index (χ1n) is 35.5. The summed E-state index contributed by atoms with van der Waals surface area (Å²) in [7, 11) is 0. The van der Waals surface area contributed by atoms with E-state index in [0.29, 0.717) is 71.0 Å². The van der Waals surface area contributed by atoms with Crippen LogP contribution in [0.3, 0.4) is 0 Å². The van der Waals surface area contributed by atoms with E-state index in [4.69, 9.17) is 52.1 Å². The van der Waals surface area contributed by atoms with E-state index >= 15 is 0 Å². The van der Waals surface area contributed by atoms with E-state index in [1.54, 1.807) is 0 Å². The smallest absolute Gasteiger partial charge is 0.332 e. The fraction of sp³-hybridized carbons (Fsp3) is 0.930. The molecule has 16 nitrogen and oxygen atoms in total. The predicted molar refractivity (Wildman–Crippen MR) is 312 cm³/mol. The van der Waals surface area contributed by atoms with Crippen LogP contribution in [-0.2, 0) is 76.1 Å². The Labute approximate surface area is 515 Å². The van der Waals surface area contributed by atoms with Crippen LogP contribution in [0.4, 0.5) is 0 Å². The lowest BCUT2D eigenvalue weighted by Gasteiger charge is -2.59. The van der Waals surface area contributed by atoms with Crippen molar-refractivity contribution in [1.82, 2.24) is 0 Å². The molecule has 1 heterocycles. The quantitative estimate of drug-likeness (QED) is 0.0779. The van der Waals surface area contributed by atoms with Gasteiger partial charge in [0, 0.05) is 0 Å². The van der Waals surface area contributed by atoms with Gasteiger partial charge in [-0.2, -0.15) is 0 Å². The average Bonchev–Trinajstić information content (AvgIpc) is 0.938. The van der Waals surface area contributed by atoms with Gasteiger partial charge >= 0.3 is 29.8 Å². The van der Waals surface area contributed by atoms with Crippen LogP contribution >= 0.6 is 0 Å². The SMILES string of the molecule is CC1(OC(=O)COC[C@H]2O[C@H](OCC(=O)OC3(C)C4CC5CC(C4)CC3C5)[C@H](OCC(=O)OC3(C)C4CC5CC(C4)CC3C5)[C@@H](OCC(=O)OC3(C)C4CC5CC(C4)CC3C5)[C@@H]2OCC(=O)OC2(C)C3CC4CC(C3)CC2C4)C2CC3CC(C2)CC1C3. The van der Waals surface area contributed by atoms with Crippen LogP contribution in [0.1, 0.15) is 195 Å². The largest absolute Gasteiger partial charge is 0.457 e. The number of carbonyl (C=O) groups is 5. The van der Waals surface area contributed by atoms with Gasteiger partial charge in [-0.1, -0.05) is 0 Å². The monoisotopic (exact) mass is 1210 g/mol. The van der Waals surface area contributed by atoms with Crippen LogP contribution in [0.25, 0.3) is 0 Å². The summed E-state index contributed by atoms with van der Waals surface area (Å²) in [4.78, 5) is 72.3. The number of hydrogen-bond donors (Lipinski definition) is 0. The summed E-state index contributed by atoms with van der Waals surface area (Å²) >= 11 is 0. The van der Waals surface area contributed by atoms with E-state index in [9.17, 15) is 24.0 Å². The van der Waals surface area contributed by atoms with Gasteiger partial charge in [0.25, 0.3) is 0 Å². The van der Waals surface area contributed by atoms with Crippen molar-refractivity contribution in [2.24, 2.45) is 118 Å². The predicted octanol–water partition coefficient (Wildman–Crippen LogP) is 10.7. The molecule has 20 aliphatic carbocycles. The minimum atomic E-state index is -1.43. The van der Waals surface area contributed by atoms with Crippen LogP contribution < -0.4 is 0 Å². The molecule has 0 radical (unpaired) electrons. The lowest BCUT2D eigenvalue weighted by atomic mass is 9.50. The summed E-state index contributed by atoms with van der Waals surface area (Å²) in [6.07, 6.45) is 20.9. The topological polar surface area (TPSA) is 187 Å². The van der Waals surface area contributed by atoms with E-state index in [2.05, 4.69) is 34.6 Å². The maximum atomic E-state index is 14.6. The minimum Gasteiger partial charge on any atom is -0.457 e. The first-order chi connectivity index (χ1) is 41.7. The van der Waals surface area contributed by atoms with Crippen molar-refractivity contribution in [2.75, 3.05) is 39.6 Å². The molecular formula is C71H102O16. The van der Waals surface area contributed by atoms with Gasteiger partial charge in [0.05, 0.1) is 6.61 Å². The number of carbonyl (C=O) groups excluding carboxylic acids is 5. The second-order valence-electron chi connectivity index (χ2n) is 34.0. The molecule has 21 rings (SSSR count). The Morgan fingerprint density at radius 3 is 0.770 bits per heavy atom. The third-order valence-electron chi connectivity index (χ3n) is 29.1. The minimum absolute atomic E-state index is 0.257. The molecule has 20 saturated carbocycles. The van der Waals surface area contributed by atoms with Crippen molar-refractivity contribution in [2.45, 2.75) is 254 Å². The van der Waals surface area contributed by atoms with Crippen molar-refractivity contribution < 1.29 is 76.1 Å². The van der Waals surface area contributed by atoms with Gasteiger partial charge in [-0.3, -0.25) is 0 Å². The lowest BCUT2D eigenvalue weighted by molar-refractivity contribution is -0.323. The molecule has 1 aliphatic heterocycles. The second-order valence-corrected chi connectivity index (χ2v) is 34.0. The van der Waals surface area contributed by atoms with E-state index in [0.717, 1.165) is 128 Å². The Morgan fingerprint density at radius 2 is 0.506 bits per heavy atom. The van der Waals surface area contributed by atoms with Crippen LogP contribution in [0.2, 0.25) is 0 Å². The van der Waals surface area contributed by atoms with Crippen molar-refractivity contribution in [3.8, 4) is 0 Å². The first kappa shape index (κ1) is 59.1. The molecule has 1 saturated heterocycles. The molecular weight excluding hydrogens is 1110 g/mol. The van der Waals surface area contributed by atoms with Gasteiger partial charge in [0.1, 0.15) is 85.5 Å². The molecule has 20 bridgehead atoms. The van der Waals surface area contributed by atoms with Gasteiger partial charge < -0.3 is 52.1 Å². The highest BCUT2D eigenvalue weighted by molar-refractivity contribution is 5.73. The maximum absolute atomic E-state index is 14.6. The maximum Gasteiger partial charge on any atom is 0.332 e. The molecule has 0 aromatic carbocycles. The van der Waals surface area contributed by atoms with Crippen molar-refractivity contribution in [3.63, 3.8) is 0 Å². The van der Waals surface area contributed by atoms with Crippen LogP contribution in [0, 0.1) is 118 Å². The molecule has 21 fully saturated rings. The summed E-state index contributed by atoms with van der Waals surface area (Å²) in [5.74, 6) is 6.85. The van der Waals surface area contributed by atoms with Gasteiger partial charge in [0.15, 0.2) is 6.29 Å². The molecule has 0 amide bonds. The molecule has 16 heteroatoms. The Morgan fingerprint density at radius 1 is 0.287 bits per heavy atom. The number of rotatable bonds is 21. The normalized spacial score (nSPS) is 52.5. The van der Waals surface area contributed by atoms with E-state index in [1.807, 2.05) is 0 Å². The van der Waals surface area contributed by atoms with E-state index < -0.39 is 115 Å². The molecule has 0 N–H and O–H groups in total. The third kappa shape index (κ3) is 10.5. The van der Waals surface area contributed by atoms with Crippen LogP contribution in [0.5, 0.6) is 0 Å². The van der Waals surface area contributed by atoms with Gasteiger partial charge in [0.2, 0.25) is 0 Å². The molecule has 0 aromatic rings. The highest BCUT2D eigenvalue weighted by atomic mass is 16.7. The van der Waals surface area contributed by atoms with E-state index in [1.165, 1.54) is 32.1 Å². The Bertz CT molecular complexity index is 2520. The zero-order valence-corrected chi connectivity index (χ0v) is 52.9. The third-order valence-corrected chi connectivity index (χ3v) is 29.1. The Balaban J connectivity index is 0.688. The highest BCUT2D eigenvalue weighted by Gasteiger charge is 2.63. The standard InChI is InChI=1S/C71H102O16/c1-67(47-11-37-6-38(13-47)14-48(67)12-37)83-58(72)32-77-31-57-63(78-33-59(73)84-68(2)49-15-39-7-40(17-49)18-50(68)16-39)64(79-34-60(74)85-69(3)51-19-41-8-42(21-51)22-52(69)20-41)65(80-35-61(75)86-70(4)53-23-43-9-44(25-53)26-54(70)24-43)66(82-57)81-36-62(76)87-71(5)55-27-45-10-46(29-55)30-56(71)28-45/h37-57,63-66H,6-36H2,1-5H3/t37?,38?,39?,40?,41?,42?,43?,44?,45?,46?,47?,48?,49?,50?,51?,52?,53?,54?,55?,56?,57-,63-,64+,65-,66+,67?,68?,69?,70?,71?/m1/s1. The molecule has 0 spiro atoms. The van der Waals surface area contributed by atoms with Crippen molar-refractivity contribution in [1.29, 1.82) is 0 Å². The zero-order chi connectivity index (χ0) is 59.5. The molecule has 21 aliphatic rings. The second kappa shape index (κ2) is 22.1. The fourth-order valence-electron chi connectivity index (χ4n) is 25.4. The molecule has 482 valence electrons. The summed E-state index contributed by atoms with van der Waals surface area (Å²) < 4.78 is 73.2. The Kier molecular flexibility index (Phi) is 15.0. The van der Waals surface area contributed by atoms with Crippen molar-refractivity contribution in [3.05, 3.63) is 0 Å². The Hall–Kier alpha value is -2.89. The van der Waals surface area contributed by atoms with Crippen molar-refractivity contribution >= 4 is 29.8 Å². The highest BCUT2D eigenvalue weighted by Crippen LogP contribution is 2.64. The van der Waals surface area contributed by atoms with Gasteiger partial charge in [-0.15, -0.1) is 0 Å². The summed E-state index contributed by atoms with van der Waals surface area (Å²) in [6, 6.07) is 0. The molecule has 0 aromatic heterocycles. The fourth-order valence-corrected chi connectivity index (χ4v) is 25.4. The number of ether oxygens (including phenoxy) is 11. The zero-order valence-electron chi connectivity index (χ0n) is 52.9. The molecule has 0 unspecified atom stereocenters. The lowest BCUT2D eigenvalue weighted by Crippen LogP contribution is -2.63. The molecule has 5 atom stereocenters. The summed E-state index contributed by atoms with van der Waals surface area (Å²) in [5, 5.41) is 0. The number of hydrogen-bond acceptors (Lipinski definition) is 16. The first-order valence-corrected chi connectivity index (χ1v) is 35.5. The average molecular weight is 1210 g/mol.